The maximum atomic E-state index is 11.5. The first-order valence-electron chi connectivity index (χ1n) is 4.79. The van der Waals surface area contributed by atoms with Crippen molar-refractivity contribution in [3.63, 3.8) is 0 Å². The van der Waals surface area contributed by atoms with E-state index >= 15 is 0 Å². The Morgan fingerprint density at radius 3 is 2.93 bits per heavy atom. The molecule has 0 aliphatic carbocycles. The Balaban J connectivity index is 2.28. The number of hydrogen-bond acceptors (Lipinski definition) is 2. The molecule has 1 aliphatic heterocycles. The third-order valence-corrected chi connectivity index (χ3v) is 2.70. The van der Waals surface area contributed by atoms with Gasteiger partial charge in [0.1, 0.15) is 0 Å². The van der Waals surface area contributed by atoms with Crippen LogP contribution in [0.1, 0.15) is 6.42 Å². The number of halogens is 1. The quantitative estimate of drug-likeness (QED) is 0.717. The summed E-state index contributed by atoms with van der Waals surface area (Å²) in [7, 11) is 0. The molecule has 80 valence electrons. The molecule has 5 heteroatoms. The highest BCUT2D eigenvalue weighted by atomic mass is 35.5. The summed E-state index contributed by atoms with van der Waals surface area (Å²) >= 11 is 5.90. The SMILES string of the molecule is Nc1ccc(N2CCCNC2=O)cc1Cl. The minimum Gasteiger partial charge on any atom is -0.398 e. The zero-order valence-corrected chi connectivity index (χ0v) is 8.92. The number of carbonyl (C=O) groups is 1. The molecule has 0 aromatic heterocycles. The minimum absolute atomic E-state index is 0.0814. The van der Waals surface area contributed by atoms with Crippen LogP contribution in [0, 0.1) is 0 Å². The van der Waals surface area contributed by atoms with Gasteiger partial charge in [0.15, 0.2) is 0 Å². The number of nitrogen functional groups attached to an aromatic ring is 1. The zero-order chi connectivity index (χ0) is 10.8. The number of rotatable bonds is 1. The van der Waals surface area contributed by atoms with E-state index in [1.54, 1.807) is 23.1 Å². The largest absolute Gasteiger partial charge is 0.398 e. The molecule has 0 spiro atoms. The van der Waals surface area contributed by atoms with Crippen LogP contribution >= 0.6 is 11.6 Å². The molecule has 1 heterocycles. The molecular weight excluding hydrogens is 214 g/mol. The second kappa shape index (κ2) is 3.98. The van der Waals surface area contributed by atoms with Gasteiger partial charge in [-0.15, -0.1) is 0 Å². The van der Waals surface area contributed by atoms with Gasteiger partial charge >= 0.3 is 6.03 Å². The van der Waals surface area contributed by atoms with Crippen molar-refractivity contribution < 1.29 is 4.79 Å². The predicted molar refractivity (Wildman–Crippen MR) is 61.2 cm³/mol. The summed E-state index contributed by atoms with van der Waals surface area (Å²) in [5.41, 5.74) is 6.91. The van der Waals surface area contributed by atoms with Gasteiger partial charge in [0.05, 0.1) is 10.7 Å². The van der Waals surface area contributed by atoms with E-state index in [1.807, 2.05) is 0 Å². The molecule has 15 heavy (non-hydrogen) atoms. The van der Waals surface area contributed by atoms with Gasteiger partial charge < -0.3 is 11.1 Å². The number of anilines is 2. The Bertz CT molecular complexity index is 394. The molecule has 3 N–H and O–H groups in total. The van der Waals surface area contributed by atoms with E-state index < -0.39 is 0 Å². The highest BCUT2D eigenvalue weighted by molar-refractivity contribution is 6.33. The van der Waals surface area contributed by atoms with Crippen LogP contribution in [-0.4, -0.2) is 19.1 Å². The zero-order valence-electron chi connectivity index (χ0n) is 8.16. The van der Waals surface area contributed by atoms with Crippen LogP contribution in [0.5, 0.6) is 0 Å². The average molecular weight is 226 g/mol. The summed E-state index contributed by atoms with van der Waals surface area (Å²) in [5.74, 6) is 0. The molecule has 1 aromatic rings. The van der Waals surface area contributed by atoms with E-state index in [4.69, 9.17) is 17.3 Å². The molecule has 0 radical (unpaired) electrons. The lowest BCUT2D eigenvalue weighted by atomic mass is 10.2. The molecule has 1 aliphatic rings. The van der Waals surface area contributed by atoms with Crippen LogP contribution in [0.25, 0.3) is 0 Å². The molecule has 2 rings (SSSR count). The highest BCUT2D eigenvalue weighted by Crippen LogP contribution is 2.26. The second-order valence-corrected chi connectivity index (χ2v) is 3.85. The smallest absolute Gasteiger partial charge is 0.321 e. The lowest BCUT2D eigenvalue weighted by molar-refractivity contribution is 0.243. The highest BCUT2D eigenvalue weighted by Gasteiger charge is 2.19. The van der Waals surface area contributed by atoms with Crippen molar-refractivity contribution in [1.82, 2.24) is 5.32 Å². The molecule has 0 saturated carbocycles. The summed E-state index contributed by atoms with van der Waals surface area (Å²) < 4.78 is 0. The molecule has 0 atom stereocenters. The van der Waals surface area contributed by atoms with Gasteiger partial charge in [0, 0.05) is 18.8 Å². The van der Waals surface area contributed by atoms with Gasteiger partial charge in [0.2, 0.25) is 0 Å². The fraction of sp³-hybridized carbons (Fsp3) is 0.300. The number of benzene rings is 1. The van der Waals surface area contributed by atoms with Crippen molar-refractivity contribution in [2.24, 2.45) is 0 Å². The third-order valence-electron chi connectivity index (χ3n) is 2.38. The molecule has 4 nitrogen and oxygen atoms in total. The second-order valence-electron chi connectivity index (χ2n) is 3.44. The fourth-order valence-corrected chi connectivity index (χ4v) is 1.73. The molecule has 1 saturated heterocycles. The van der Waals surface area contributed by atoms with Crippen molar-refractivity contribution >= 4 is 29.0 Å². The predicted octanol–water partition coefficient (Wildman–Crippen LogP) is 1.84. The molecule has 0 bridgehead atoms. The van der Waals surface area contributed by atoms with E-state index in [0.717, 1.165) is 18.7 Å². The van der Waals surface area contributed by atoms with E-state index in [0.29, 0.717) is 17.3 Å². The number of hydrogen-bond donors (Lipinski definition) is 2. The van der Waals surface area contributed by atoms with Crippen LogP contribution in [0.3, 0.4) is 0 Å². The summed E-state index contributed by atoms with van der Waals surface area (Å²) in [6, 6.07) is 5.13. The third kappa shape index (κ3) is 1.99. The van der Waals surface area contributed by atoms with Crippen LogP contribution in [0.2, 0.25) is 5.02 Å². The Morgan fingerprint density at radius 2 is 2.27 bits per heavy atom. The van der Waals surface area contributed by atoms with E-state index in [9.17, 15) is 4.79 Å². The number of nitrogens with one attached hydrogen (secondary N) is 1. The van der Waals surface area contributed by atoms with Gasteiger partial charge in [-0.05, 0) is 24.6 Å². The first kappa shape index (κ1) is 10.1. The topological polar surface area (TPSA) is 58.4 Å². The Labute approximate surface area is 93.0 Å². The van der Waals surface area contributed by atoms with Crippen LogP contribution in [-0.2, 0) is 0 Å². The summed E-state index contributed by atoms with van der Waals surface area (Å²) in [6.45, 7) is 1.45. The molecule has 2 amide bonds. The van der Waals surface area contributed by atoms with E-state index in [2.05, 4.69) is 5.32 Å². The first-order valence-corrected chi connectivity index (χ1v) is 5.16. The van der Waals surface area contributed by atoms with Crippen molar-refractivity contribution in [1.29, 1.82) is 0 Å². The van der Waals surface area contributed by atoms with Gasteiger partial charge in [-0.3, -0.25) is 4.90 Å². The maximum Gasteiger partial charge on any atom is 0.321 e. The van der Waals surface area contributed by atoms with E-state index in [1.165, 1.54) is 0 Å². The van der Waals surface area contributed by atoms with Crippen molar-refractivity contribution in [3.8, 4) is 0 Å². The lowest BCUT2D eigenvalue weighted by Gasteiger charge is -2.27. The van der Waals surface area contributed by atoms with Gasteiger partial charge in [-0.25, -0.2) is 4.79 Å². The van der Waals surface area contributed by atoms with Gasteiger partial charge in [-0.1, -0.05) is 11.6 Å². The molecule has 0 unspecified atom stereocenters. The molecular formula is C10H12ClN3O. The molecule has 1 fully saturated rings. The Morgan fingerprint density at radius 1 is 1.47 bits per heavy atom. The number of amides is 2. The number of nitrogens with two attached hydrogens (primary N) is 1. The summed E-state index contributed by atoms with van der Waals surface area (Å²) in [5, 5.41) is 3.25. The van der Waals surface area contributed by atoms with Crippen molar-refractivity contribution in [3.05, 3.63) is 23.2 Å². The van der Waals surface area contributed by atoms with Crippen LogP contribution < -0.4 is 16.0 Å². The fourth-order valence-electron chi connectivity index (χ4n) is 1.56. The average Bonchev–Trinajstić information content (AvgIpc) is 2.23. The van der Waals surface area contributed by atoms with E-state index in [-0.39, 0.29) is 6.03 Å². The summed E-state index contributed by atoms with van der Waals surface area (Å²) in [6.07, 6.45) is 0.938. The Hall–Kier alpha value is -1.42. The molecule has 1 aromatic carbocycles. The normalized spacial score (nSPS) is 16.3. The maximum absolute atomic E-state index is 11.5. The number of nitrogens with zero attached hydrogens (tertiary/aromatic N) is 1. The van der Waals surface area contributed by atoms with Crippen LogP contribution in [0.15, 0.2) is 18.2 Å². The number of urea groups is 1. The standard InChI is InChI=1S/C10H12ClN3O/c11-8-6-7(2-3-9(8)12)14-5-1-4-13-10(14)15/h2-3,6H,1,4-5,12H2,(H,13,15). The van der Waals surface area contributed by atoms with Gasteiger partial charge in [-0.2, -0.15) is 0 Å². The first-order chi connectivity index (χ1) is 7.18. The minimum atomic E-state index is -0.0814. The van der Waals surface area contributed by atoms with Gasteiger partial charge in [0.25, 0.3) is 0 Å². The van der Waals surface area contributed by atoms with Crippen LogP contribution in [0.4, 0.5) is 16.2 Å². The Kier molecular flexibility index (Phi) is 2.68. The van der Waals surface area contributed by atoms with Crippen molar-refractivity contribution in [2.45, 2.75) is 6.42 Å². The number of carbonyl (C=O) groups excluding carboxylic acids is 1. The monoisotopic (exact) mass is 225 g/mol. The lowest BCUT2D eigenvalue weighted by Crippen LogP contribution is -2.46. The van der Waals surface area contributed by atoms with Crippen molar-refractivity contribution in [2.75, 3.05) is 23.7 Å². The summed E-state index contributed by atoms with van der Waals surface area (Å²) in [4.78, 5) is 13.2.